The Kier molecular flexibility index (Phi) is 2.89. The lowest BCUT2D eigenvalue weighted by atomic mass is 10.0. The lowest BCUT2D eigenvalue weighted by Gasteiger charge is -2.19. The van der Waals surface area contributed by atoms with Gasteiger partial charge in [-0.2, -0.15) is 0 Å². The lowest BCUT2D eigenvalue weighted by Crippen LogP contribution is -2.23. The van der Waals surface area contributed by atoms with Crippen LogP contribution in [0.1, 0.15) is 13.8 Å². The third kappa shape index (κ3) is 2.03. The number of aldehydes is 1. The van der Waals surface area contributed by atoms with Crippen molar-refractivity contribution in [2.45, 2.75) is 13.8 Å². The summed E-state index contributed by atoms with van der Waals surface area (Å²) in [6.45, 7) is 3.52. The predicted octanol–water partition coefficient (Wildman–Crippen LogP) is 1.20. The zero-order chi connectivity index (χ0) is 12.6. The molecule has 1 saturated heterocycles. The molecule has 5 nitrogen and oxygen atoms in total. The van der Waals surface area contributed by atoms with Crippen molar-refractivity contribution in [2.24, 2.45) is 0 Å². The number of carbonyl (C=O) groups excluding carboxylic acids is 3. The number of hydrogen-bond donors (Lipinski definition) is 2. The quantitative estimate of drug-likeness (QED) is 0.540. The van der Waals surface area contributed by atoms with Gasteiger partial charge in [0.2, 0.25) is 0 Å². The number of nitrogens with one attached hydrogen (secondary N) is 2. The molecular formula is C11H10N2O3S. The van der Waals surface area contributed by atoms with Crippen LogP contribution in [-0.2, 0) is 9.59 Å². The Balaban J connectivity index is 2.45. The van der Waals surface area contributed by atoms with Gasteiger partial charge >= 0.3 is 0 Å². The van der Waals surface area contributed by atoms with Crippen molar-refractivity contribution in [3.8, 4) is 0 Å². The normalized spacial score (nSPS) is 24.5. The summed E-state index contributed by atoms with van der Waals surface area (Å²) in [5.74, 6) is -0.405. The van der Waals surface area contributed by atoms with Crippen molar-refractivity contribution in [1.29, 1.82) is 0 Å². The van der Waals surface area contributed by atoms with Gasteiger partial charge in [-0.3, -0.25) is 19.7 Å². The molecular weight excluding hydrogens is 240 g/mol. The predicted molar refractivity (Wildman–Crippen MR) is 63.8 cm³/mol. The Hall–Kier alpha value is -1.82. The molecule has 2 rings (SSSR count). The van der Waals surface area contributed by atoms with Crippen molar-refractivity contribution in [2.75, 3.05) is 0 Å². The van der Waals surface area contributed by atoms with Gasteiger partial charge < -0.3 is 5.32 Å². The summed E-state index contributed by atoms with van der Waals surface area (Å²) in [5.41, 5.74) is 2.55. The van der Waals surface area contributed by atoms with Gasteiger partial charge in [0.1, 0.15) is 4.91 Å². The van der Waals surface area contributed by atoms with Gasteiger partial charge in [-0.25, -0.2) is 0 Å². The van der Waals surface area contributed by atoms with Crippen LogP contribution in [0.5, 0.6) is 0 Å². The maximum Gasteiger partial charge on any atom is 0.291 e. The summed E-state index contributed by atoms with van der Waals surface area (Å²) in [7, 11) is 0. The van der Waals surface area contributed by atoms with Crippen LogP contribution in [0.25, 0.3) is 0 Å². The van der Waals surface area contributed by atoms with Crippen molar-refractivity contribution in [3.05, 3.63) is 33.5 Å². The fraction of sp³-hybridized carbons (Fsp3) is 0.182. The highest BCUT2D eigenvalue weighted by atomic mass is 32.2. The zero-order valence-corrected chi connectivity index (χ0v) is 10.1. The number of thioether (sulfide) groups is 1. The summed E-state index contributed by atoms with van der Waals surface area (Å²) in [6, 6.07) is 0. The number of carbonyl (C=O) groups is 3. The number of imide groups is 1. The number of amides is 2. The molecule has 0 radical (unpaired) electrons. The van der Waals surface area contributed by atoms with Gasteiger partial charge in [-0.1, -0.05) is 0 Å². The van der Waals surface area contributed by atoms with Gasteiger partial charge in [-0.15, -0.1) is 0 Å². The molecule has 2 aliphatic heterocycles. The monoisotopic (exact) mass is 250 g/mol. The van der Waals surface area contributed by atoms with E-state index >= 15 is 0 Å². The third-order valence-corrected chi connectivity index (χ3v) is 3.36. The fourth-order valence-corrected chi connectivity index (χ4v) is 2.40. The number of rotatable bonds is 1. The molecule has 0 aromatic carbocycles. The van der Waals surface area contributed by atoms with Crippen LogP contribution in [0.4, 0.5) is 4.79 Å². The molecule has 0 bridgehead atoms. The van der Waals surface area contributed by atoms with Crippen LogP contribution in [0.2, 0.25) is 0 Å². The Morgan fingerprint density at radius 3 is 2.47 bits per heavy atom. The van der Waals surface area contributed by atoms with E-state index < -0.39 is 5.91 Å². The van der Waals surface area contributed by atoms with E-state index in [0.29, 0.717) is 21.9 Å². The second kappa shape index (κ2) is 4.21. The topological polar surface area (TPSA) is 75.3 Å². The molecule has 0 atom stereocenters. The maximum absolute atomic E-state index is 11.5. The molecule has 0 saturated carbocycles. The van der Waals surface area contributed by atoms with E-state index in [2.05, 4.69) is 10.6 Å². The summed E-state index contributed by atoms with van der Waals surface area (Å²) in [6.07, 6.45) is 2.44. The summed E-state index contributed by atoms with van der Waals surface area (Å²) in [4.78, 5) is 33.7. The molecule has 2 amide bonds. The highest BCUT2D eigenvalue weighted by Gasteiger charge is 2.30. The molecule has 2 N–H and O–H groups in total. The molecule has 0 spiro atoms. The van der Waals surface area contributed by atoms with E-state index in [4.69, 9.17) is 0 Å². The van der Waals surface area contributed by atoms with Crippen molar-refractivity contribution in [3.63, 3.8) is 0 Å². The zero-order valence-electron chi connectivity index (χ0n) is 9.29. The first-order valence-electron chi connectivity index (χ1n) is 4.92. The smallest absolute Gasteiger partial charge is 0.291 e. The first-order chi connectivity index (χ1) is 8.02. The van der Waals surface area contributed by atoms with Crippen molar-refractivity contribution >= 4 is 29.2 Å². The lowest BCUT2D eigenvalue weighted by molar-refractivity contribution is -0.115. The second-order valence-corrected chi connectivity index (χ2v) is 4.68. The van der Waals surface area contributed by atoms with Crippen LogP contribution < -0.4 is 10.6 Å². The standard InChI is InChI=1S/C11H10N2O3S/c1-5-3-7(4-14)6(2)12-8(5)9-10(15)13-11(16)17-9/h3-4,12H,1-2H3,(H,13,15,16). The van der Waals surface area contributed by atoms with Crippen molar-refractivity contribution in [1.82, 2.24) is 10.6 Å². The average molecular weight is 250 g/mol. The molecule has 0 aromatic rings. The average Bonchev–Trinajstić information content (AvgIpc) is 2.60. The third-order valence-electron chi connectivity index (χ3n) is 2.48. The first kappa shape index (κ1) is 11.7. The molecule has 0 aromatic heterocycles. The molecule has 0 unspecified atom stereocenters. The number of dihydropyridines is 1. The molecule has 0 aliphatic carbocycles. The van der Waals surface area contributed by atoms with Gasteiger partial charge in [0.15, 0.2) is 6.29 Å². The number of allylic oxidation sites excluding steroid dienone is 4. The van der Waals surface area contributed by atoms with E-state index in [-0.39, 0.29) is 5.24 Å². The Morgan fingerprint density at radius 1 is 1.24 bits per heavy atom. The van der Waals surface area contributed by atoms with E-state index in [1.807, 2.05) is 0 Å². The maximum atomic E-state index is 11.5. The van der Waals surface area contributed by atoms with Crippen LogP contribution in [0.15, 0.2) is 33.5 Å². The summed E-state index contributed by atoms with van der Waals surface area (Å²) < 4.78 is 0. The molecule has 2 aliphatic rings. The van der Waals surface area contributed by atoms with E-state index in [1.54, 1.807) is 19.9 Å². The van der Waals surface area contributed by atoms with E-state index in [1.165, 1.54) is 0 Å². The second-order valence-electron chi connectivity index (χ2n) is 3.70. The van der Waals surface area contributed by atoms with Crippen LogP contribution in [-0.4, -0.2) is 17.4 Å². The largest absolute Gasteiger partial charge is 0.357 e. The van der Waals surface area contributed by atoms with E-state index in [0.717, 1.165) is 23.6 Å². The minimum Gasteiger partial charge on any atom is -0.357 e. The first-order valence-corrected chi connectivity index (χ1v) is 5.73. The highest BCUT2D eigenvalue weighted by molar-refractivity contribution is 8.18. The van der Waals surface area contributed by atoms with Gasteiger partial charge in [0.25, 0.3) is 11.1 Å². The van der Waals surface area contributed by atoms with Gasteiger partial charge in [0, 0.05) is 11.3 Å². The minimum absolute atomic E-state index is 0.341. The fourth-order valence-electron chi connectivity index (χ4n) is 1.61. The SMILES string of the molecule is CC1=CC(C=O)=C(C)NC1=C1SC(=O)NC1=O. The van der Waals surface area contributed by atoms with Crippen LogP contribution in [0.3, 0.4) is 0 Å². The Labute approximate surface area is 102 Å². The van der Waals surface area contributed by atoms with E-state index in [9.17, 15) is 14.4 Å². The van der Waals surface area contributed by atoms with Gasteiger partial charge in [-0.05, 0) is 37.3 Å². The minimum atomic E-state index is -0.405. The van der Waals surface area contributed by atoms with Crippen LogP contribution >= 0.6 is 11.8 Å². The van der Waals surface area contributed by atoms with Gasteiger partial charge in [0.05, 0.1) is 5.70 Å². The Bertz CT molecular complexity index is 529. The summed E-state index contributed by atoms with van der Waals surface area (Å²) in [5, 5.41) is 4.81. The molecule has 1 fully saturated rings. The Morgan fingerprint density at radius 2 is 1.94 bits per heavy atom. The molecule has 2 heterocycles. The summed E-state index contributed by atoms with van der Waals surface area (Å²) >= 11 is 0.861. The van der Waals surface area contributed by atoms with Crippen molar-refractivity contribution < 1.29 is 14.4 Å². The number of hydrogen-bond acceptors (Lipinski definition) is 5. The highest BCUT2D eigenvalue weighted by Crippen LogP contribution is 2.31. The molecule has 6 heteroatoms. The van der Waals surface area contributed by atoms with Crippen LogP contribution in [0, 0.1) is 0 Å². The molecule has 88 valence electrons. The molecule has 17 heavy (non-hydrogen) atoms.